The van der Waals surface area contributed by atoms with Crippen LogP contribution >= 0.6 is 0 Å². The Labute approximate surface area is 87.0 Å². The summed E-state index contributed by atoms with van der Waals surface area (Å²) >= 11 is 0. The number of amides is 2. The van der Waals surface area contributed by atoms with E-state index < -0.39 is 0 Å². The molecule has 0 saturated carbocycles. The Kier molecular flexibility index (Phi) is 2.86. The Hall–Kier alpha value is -1.56. The van der Waals surface area contributed by atoms with Crippen LogP contribution < -0.4 is 10.6 Å². The first-order valence-corrected chi connectivity index (χ1v) is 4.81. The quantitative estimate of drug-likeness (QED) is 0.761. The minimum absolute atomic E-state index is 0.0843. The Morgan fingerprint density at radius 1 is 1.67 bits per heavy atom. The number of aromatic nitrogens is 1. The molecule has 1 fully saturated rings. The molecule has 6 heteroatoms. The summed E-state index contributed by atoms with van der Waals surface area (Å²) in [7, 11) is 0. The van der Waals surface area contributed by atoms with Gasteiger partial charge in [-0.15, -0.1) is 0 Å². The van der Waals surface area contributed by atoms with Crippen molar-refractivity contribution in [2.45, 2.75) is 19.4 Å². The van der Waals surface area contributed by atoms with Gasteiger partial charge >= 0.3 is 12.0 Å². The van der Waals surface area contributed by atoms with Crippen LogP contribution in [-0.4, -0.2) is 30.3 Å². The number of carbonyl (C=O) groups excluding carboxylic acids is 1. The summed E-state index contributed by atoms with van der Waals surface area (Å²) in [6.45, 7) is 3.05. The van der Waals surface area contributed by atoms with Gasteiger partial charge in [0.2, 0.25) is 0 Å². The second kappa shape index (κ2) is 4.31. The minimum Gasteiger partial charge on any atom is -0.432 e. The van der Waals surface area contributed by atoms with Gasteiger partial charge in [-0.05, 0) is 13.3 Å². The Morgan fingerprint density at radius 2 is 2.53 bits per heavy atom. The molecule has 2 rings (SSSR count). The number of hydrogen-bond acceptors (Lipinski definition) is 4. The fourth-order valence-corrected chi connectivity index (χ4v) is 1.38. The Balaban J connectivity index is 1.81. The van der Waals surface area contributed by atoms with E-state index in [1.165, 1.54) is 6.26 Å². The number of carbonyl (C=O) groups is 1. The predicted molar refractivity (Wildman–Crippen MR) is 52.6 cm³/mol. The molecule has 1 aromatic heterocycles. The molecule has 6 nitrogen and oxygen atoms in total. The zero-order valence-electron chi connectivity index (χ0n) is 8.45. The number of hydrogen-bond donors (Lipinski definition) is 2. The lowest BCUT2D eigenvalue weighted by molar-refractivity contribution is 0.189. The standard InChI is InChI=1S/C9H13N3O3/c1-6-4-15-9(10-6)12-8(13)11-7-2-3-14-5-7/h4,7H,2-3,5H2,1H3,(H2,10,11,12,13). The number of nitrogens with one attached hydrogen (secondary N) is 2. The van der Waals surface area contributed by atoms with Crippen molar-refractivity contribution in [1.82, 2.24) is 10.3 Å². The topological polar surface area (TPSA) is 76.4 Å². The van der Waals surface area contributed by atoms with Crippen molar-refractivity contribution < 1.29 is 13.9 Å². The van der Waals surface area contributed by atoms with Crippen molar-refractivity contribution in [3.63, 3.8) is 0 Å². The van der Waals surface area contributed by atoms with Crippen LogP contribution in [0.4, 0.5) is 10.8 Å². The van der Waals surface area contributed by atoms with Gasteiger partial charge in [0.15, 0.2) is 0 Å². The van der Waals surface area contributed by atoms with E-state index in [1.807, 2.05) is 0 Å². The predicted octanol–water partition coefficient (Wildman–Crippen LogP) is 0.893. The van der Waals surface area contributed by atoms with Crippen molar-refractivity contribution in [2.75, 3.05) is 18.5 Å². The van der Waals surface area contributed by atoms with Crippen LogP contribution in [0.1, 0.15) is 12.1 Å². The second-order valence-electron chi connectivity index (χ2n) is 3.45. The Morgan fingerprint density at radius 3 is 3.13 bits per heavy atom. The zero-order chi connectivity index (χ0) is 10.7. The van der Waals surface area contributed by atoms with E-state index in [1.54, 1.807) is 6.92 Å². The van der Waals surface area contributed by atoms with E-state index in [-0.39, 0.29) is 18.1 Å². The molecule has 1 atom stereocenters. The van der Waals surface area contributed by atoms with Crippen molar-refractivity contribution >= 4 is 12.0 Å². The summed E-state index contributed by atoms with van der Waals surface area (Å²) in [5.74, 6) is 0. The van der Waals surface area contributed by atoms with Crippen LogP contribution in [-0.2, 0) is 4.74 Å². The van der Waals surface area contributed by atoms with E-state index in [9.17, 15) is 4.79 Å². The number of ether oxygens (including phenoxy) is 1. The van der Waals surface area contributed by atoms with Crippen LogP contribution in [0.3, 0.4) is 0 Å². The third-order valence-corrected chi connectivity index (χ3v) is 2.10. The molecule has 2 heterocycles. The molecule has 0 spiro atoms. The molecular weight excluding hydrogens is 198 g/mol. The van der Waals surface area contributed by atoms with Crippen molar-refractivity contribution in [1.29, 1.82) is 0 Å². The van der Waals surface area contributed by atoms with Crippen LogP contribution in [0, 0.1) is 6.92 Å². The average molecular weight is 211 g/mol. The van der Waals surface area contributed by atoms with Gasteiger partial charge in [-0.2, -0.15) is 4.98 Å². The first-order valence-electron chi connectivity index (χ1n) is 4.81. The van der Waals surface area contributed by atoms with Crippen LogP contribution in [0.5, 0.6) is 0 Å². The van der Waals surface area contributed by atoms with Gasteiger partial charge in [0.25, 0.3) is 0 Å². The summed E-state index contributed by atoms with van der Waals surface area (Å²) in [6.07, 6.45) is 2.33. The first-order chi connectivity index (χ1) is 7.24. The van der Waals surface area contributed by atoms with E-state index in [2.05, 4.69) is 15.6 Å². The lowest BCUT2D eigenvalue weighted by Gasteiger charge is -2.09. The summed E-state index contributed by atoms with van der Waals surface area (Å²) < 4.78 is 10.1. The van der Waals surface area contributed by atoms with E-state index in [4.69, 9.17) is 9.15 Å². The van der Waals surface area contributed by atoms with Crippen LogP contribution in [0.2, 0.25) is 0 Å². The summed E-state index contributed by atoms with van der Waals surface area (Å²) in [4.78, 5) is 15.4. The minimum atomic E-state index is -0.313. The molecule has 0 aromatic carbocycles. The molecule has 0 radical (unpaired) electrons. The zero-order valence-corrected chi connectivity index (χ0v) is 8.45. The van der Waals surface area contributed by atoms with Crippen LogP contribution in [0.25, 0.3) is 0 Å². The van der Waals surface area contributed by atoms with Gasteiger partial charge in [0, 0.05) is 6.61 Å². The third kappa shape index (κ3) is 2.69. The van der Waals surface area contributed by atoms with Crippen molar-refractivity contribution in [2.24, 2.45) is 0 Å². The average Bonchev–Trinajstić information content (AvgIpc) is 2.77. The maximum absolute atomic E-state index is 11.4. The van der Waals surface area contributed by atoms with E-state index in [0.717, 1.165) is 12.1 Å². The summed E-state index contributed by atoms with van der Waals surface area (Å²) in [6, 6.07) is -0.0164. The highest BCUT2D eigenvalue weighted by Gasteiger charge is 2.18. The fourth-order valence-electron chi connectivity index (χ4n) is 1.38. The van der Waals surface area contributed by atoms with Gasteiger partial charge in [0.05, 0.1) is 18.3 Å². The molecule has 0 bridgehead atoms. The highest BCUT2D eigenvalue weighted by Crippen LogP contribution is 2.07. The molecule has 1 saturated heterocycles. The maximum atomic E-state index is 11.4. The van der Waals surface area contributed by atoms with Gasteiger partial charge in [-0.25, -0.2) is 4.79 Å². The second-order valence-corrected chi connectivity index (χ2v) is 3.45. The van der Waals surface area contributed by atoms with Crippen molar-refractivity contribution in [3.8, 4) is 0 Å². The number of oxazole rings is 1. The van der Waals surface area contributed by atoms with Crippen LogP contribution in [0.15, 0.2) is 10.7 Å². The molecule has 1 aliphatic heterocycles. The van der Waals surface area contributed by atoms with Gasteiger partial charge in [-0.3, -0.25) is 5.32 Å². The number of urea groups is 1. The highest BCUT2D eigenvalue weighted by atomic mass is 16.5. The summed E-state index contributed by atoms with van der Waals surface area (Å²) in [5, 5.41) is 5.27. The molecule has 1 aromatic rings. The van der Waals surface area contributed by atoms with Gasteiger partial charge < -0.3 is 14.5 Å². The highest BCUT2D eigenvalue weighted by molar-refractivity contribution is 5.87. The lowest BCUT2D eigenvalue weighted by Crippen LogP contribution is -2.38. The SMILES string of the molecule is Cc1coc(NC(=O)NC2CCOC2)n1. The molecule has 2 amide bonds. The molecule has 1 aliphatic rings. The van der Waals surface area contributed by atoms with E-state index >= 15 is 0 Å². The molecular formula is C9H13N3O3. The monoisotopic (exact) mass is 211 g/mol. The maximum Gasteiger partial charge on any atom is 0.323 e. The third-order valence-electron chi connectivity index (χ3n) is 2.10. The van der Waals surface area contributed by atoms with Gasteiger partial charge in [0.1, 0.15) is 6.26 Å². The molecule has 2 N–H and O–H groups in total. The van der Waals surface area contributed by atoms with Crippen molar-refractivity contribution in [3.05, 3.63) is 12.0 Å². The smallest absolute Gasteiger partial charge is 0.323 e. The Bertz CT molecular complexity index is 344. The number of anilines is 1. The normalized spacial score (nSPS) is 20.2. The summed E-state index contributed by atoms with van der Waals surface area (Å²) in [5.41, 5.74) is 0.731. The number of rotatable bonds is 2. The van der Waals surface area contributed by atoms with E-state index in [0.29, 0.717) is 13.2 Å². The molecule has 82 valence electrons. The number of aryl methyl sites for hydroxylation is 1. The lowest BCUT2D eigenvalue weighted by atomic mass is 10.3. The molecule has 0 aliphatic carbocycles. The first kappa shape index (κ1) is 9.97. The number of nitrogens with zero attached hydrogens (tertiary/aromatic N) is 1. The fraction of sp³-hybridized carbons (Fsp3) is 0.556. The largest absolute Gasteiger partial charge is 0.432 e. The molecule has 1 unspecified atom stereocenters. The van der Waals surface area contributed by atoms with Gasteiger partial charge in [-0.1, -0.05) is 0 Å². The molecule has 15 heavy (non-hydrogen) atoms.